The second kappa shape index (κ2) is 6.97. The van der Waals surface area contributed by atoms with Crippen LogP contribution in [-0.2, 0) is 0 Å². The number of benzene rings is 1. The lowest BCUT2D eigenvalue weighted by atomic mass is 10.2. The molecule has 4 N–H and O–H groups in total. The van der Waals surface area contributed by atoms with E-state index in [4.69, 9.17) is 5.73 Å². The van der Waals surface area contributed by atoms with Gasteiger partial charge in [-0.2, -0.15) is 0 Å². The van der Waals surface area contributed by atoms with E-state index in [1.54, 1.807) is 12.3 Å². The molecular formula is C14H14Cl2N4O. The quantitative estimate of drug-likeness (QED) is 0.632. The Labute approximate surface area is 133 Å². The third-order valence-corrected chi connectivity index (χ3v) is 2.80. The van der Waals surface area contributed by atoms with Gasteiger partial charge in [-0.3, -0.25) is 4.79 Å². The molecular weight excluding hydrogens is 311 g/mol. The Bertz CT molecular complexity index is 804. The fourth-order valence-electron chi connectivity index (χ4n) is 1.94. The maximum absolute atomic E-state index is 11.3. The minimum Gasteiger partial charge on any atom is -0.399 e. The van der Waals surface area contributed by atoms with Crippen LogP contribution >= 0.6 is 24.8 Å². The van der Waals surface area contributed by atoms with Crippen LogP contribution in [-0.4, -0.2) is 9.97 Å². The van der Waals surface area contributed by atoms with E-state index in [2.05, 4.69) is 15.3 Å². The Morgan fingerprint density at radius 1 is 1.10 bits per heavy atom. The van der Waals surface area contributed by atoms with Crippen LogP contribution in [0.1, 0.15) is 0 Å². The number of fused-ring (bicyclic) bond motifs is 1. The summed E-state index contributed by atoms with van der Waals surface area (Å²) in [4.78, 5) is 18.1. The number of nitrogens with two attached hydrogens (primary N) is 1. The van der Waals surface area contributed by atoms with Gasteiger partial charge in [0.15, 0.2) is 0 Å². The first-order valence-electron chi connectivity index (χ1n) is 5.83. The van der Waals surface area contributed by atoms with Crippen molar-refractivity contribution in [2.75, 3.05) is 11.1 Å². The van der Waals surface area contributed by atoms with Crippen molar-refractivity contribution in [3.63, 3.8) is 0 Å². The van der Waals surface area contributed by atoms with Gasteiger partial charge in [-0.15, -0.1) is 24.8 Å². The zero-order chi connectivity index (χ0) is 13.2. The predicted octanol–water partition coefficient (Wildman–Crippen LogP) is 3.09. The fraction of sp³-hybridized carbons (Fsp3) is 0. The number of hydrogen-bond acceptors (Lipinski definition) is 4. The number of rotatable bonds is 2. The molecule has 0 aliphatic heterocycles. The van der Waals surface area contributed by atoms with Gasteiger partial charge in [0.2, 0.25) is 5.56 Å². The second-order valence-corrected chi connectivity index (χ2v) is 4.19. The van der Waals surface area contributed by atoms with Crippen molar-refractivity contribution in [1.82, 2.24) is 9.97 Å². The maximum atomic E-state index is 11.3. The van der Waals surface area contributed by atoms with E-state index < -0.39 is 0 Å². The van der Waals surface area contributed by atoms with E-state index >= 15 is 0 Å². The molecule has 0 saturated heterocycles. The third-order valence-electron chi connectivity index (χ3n) is 2.80. The number of pyridine rings is 2. The molecule has 3 rings (SSSR count). The Morgan fingerprint density at radius 3 is 2.67 bits per heavy atom. The molecule has 2 aromatic heterocycles. The summed E-state index contributed by atoms with van der Waals surface area (Å²) < 4.78 is 0. The Morgan fingerprint density at radius 2 is 1.90 bits per heavy atom. The van der Waals surface area contributed by atoms with Crippen LogP contribution in [0.25, 0.3) is 11.0 Å². The molecule has 2 heterocycles. The lowest BCUT2D eigenvalue weighted by molar-refractivity contribution is 1.23. The van der Waals surface area contributed by atoms with E-state index in [0.717, 1.165) is 16.8 Å². The van der Waals surface area contributed by atoms with Crippen molar-refractivity contribution >= 4 is 52.9 Å². The Kier molecular flexibility index (Phi) is 5.58. The van der Waals surface area contributed by atoms with Crippen LogP contribution in [0.5, 0.6) is 0 Å². The summed E-state index contributed by atoms with van der Waals surface area (Å²) in [6.07, 6.45) is 1.65. The number of nitrogens with one attached hydrogen (secondary N) is 2. The third kappa shape index (κ3) is 3.65. The first kappa shape index (κ1) is 16.8. The van der Waals surface area contributed by atoms with E-state index in [1.165, 1.54) is 6.07 Å². The molecule has 0 fully saturated rings. The highest BCUT2D eigenvalue weighted by molar-refractivity contribution is 5.90. The molecule has 0 amide bonds. The van der Waals surface area contributed by atoms with Gasteiger partial charge in [0.1, 0.15) is 5.65 Å². The maximum Gasteiger partial charge on any atom is 0.249 e. The van der Waals surface area contributed by atoms with Crippen LogP contribution in [0.3, 0.4) is 0 Å². The van der Waals surface area contributed by atoms with Crippen molar-refractivity contribution in [3.8, 4) is 0 Å². The van der Waals surface area contributed by atoms with E-state index in [-0.39, 0.29) is 30.4 Å². The van der Waals surface area contributed by atoms with Gasteiger partial charge in [-0.25, -0.2) is 4.98 Å². The molecule has 110 valence electrons. The molecule has 7 heteroatoms. The molecule has 0 spiro atoms. The van der Waals surface area contributed by atoms with Gasteiger partial charge in [-0.05, 0) is 30.3 Å². The number of hydrogen-bond donors (Lipinski definition) is 3. The molecule has 21 heavy (non-hydrogen) atoms. The smallest absolute Gasteiger partial charge is 0.249 e. The molecule has 5 nitrogen and oxygen atoms in total. The van der Waals surface area contributed by atoms with Crippen LogP contribution in [0, 0.1) is 0 Å². The fourth-order valence-corrected chi connectivity index (χ4v) is 1.94. The van der Waals surface area contributed by atoms with Crippen LogP contribution in [0.2, 0.25) is 0 Å². The number of anilines is 3. The summed E-state index contributed by atoms with van der Waals surface area (Å²) in [5, 5.41) is 4.12. The largest absolute Gasteiger partial charge is 0.399 e. The monoisotopic (exact) mass is 324 g/mol. The molecule has 0 bridgehead atoms. The standard InChI is InChI=1S/C14H12N4O.2ClH/c15-9-2-1-3-10(8-9)17-12-6-7-16-14-11(12)4-5-13(19)18-14;;/h1-8H,15H2,(H2,16,17,18,19);2*1H. The Hall–Kier alpha value is -2.24. The number of aromatic nitrogens is 2. The molecule has 0 atom stereocenters. The van der Waals surface area contributed by atoms with Gasteiger partial charge in [-0.1, -0.05) is 6.07 Å². The highest BCUT2D eigenvalue weighted by Crippen LogP contribution is 2.24. The zero-order valence-electron chi connectivity index (χ0n) is 10.9. The van der Waals surface area contributed by atoms with Crippen LogP contribution in [0.15, 0.2) is 53.5 Å². The van der Waals surface area contributed by atoms with Crippen molar-refractivity contribution in [2.45, 2.75) is 0 Å². The summed E-state index contributed by atoms with van der Waals surface area (Å²) in [7, 11) is 0. The van der Waals surface area contributed by atoms with E-state index in [9.17, 15) is 4.79 Å². The minimum absolute atomic E-state index is 0. The van der Waals surface area contributed by atoms with Crippen molar-refractivity contribution < 1.29 is 0 Å². The van der Waals surface area contributed by atoms with E-state index in [1.807, 2.05) is 30.3 Å². The van der Waals surface area contributed by atoms with Crippen LogP contribution in [0.4, 0.5) is 17.1 Å². The Balaban J connectivity index is 0.00000110. The molecule has 3 aromatic rings. The highest BCUT2D eigenvalue weighted by atomic mass is 35.5. The number of H-pyrrole nitrogens is 1. The summed E-state index contributed by atoms with van der Waals surface area (Å²) in [5.74, 6) is 0. The molecule has 0 aliphatic carbocycles. The number of aromatic amines is 1. The van der Waals surface area contributed by atoms with E-state index in [0.29, 0.717) is 11.3 Å². The van der Waals surface area contributed by atoms with Crippen molar-refractivity contribution in [2.24, 2.45) is 0 Å². The first-order chi connectivity index (χ1) is 9.22. The molecule has 0 unspecified atom stereocenters. The lowest BCUT2D eigenvalue weighted by Crippen LogP contribution is -2.04. The van der Waals surface area contributed by atoms with Crippen molar-refractivity contribution in [1.29, 1.82) is 0 Å². The van der Waals surface area contributed by atoms with Gasteiger partial charge in [0.25, 0.3) is 0 Å². The van der Waals surface area contributed by atoms with Crippen LogP contribution < -0.4 is 16.6 Å². The lowest BCUT2D eigenvalue weighted by Gasteiger charge is -2.09. The number of halogens is 2. The van der Waals surface area contributed by atoms with Crippen molar-refractivity contribution in [3.05, 3.63) is 59.0 Å². The minimum atomic E-state index is -0.166. The normalized spacial score (nSPS) is 9.52. The topological polar surface area (TPSA) is 83.8 Å². The average molecular weight is 325 g/mol. The molecule has 1 aromatic carbocycles. The predicted molar refractivity (Wildman–Crippen MR) is 91.0 cm³/mol. The summed E-state index contributed by atoms with van der Waals surface area (Å²) in [6, 6.07) is 12.6. The van der Waals surface area contributed by atoms with Gasteiger partial charge in [0, 0.05) is 29.0 Å². The van der Waals surface area contributed by atoms with Gasteiger partial charge in [0.05, 0.1) is 5.69 Å². The van der Waals surface area contributed by atoms with Gasteiger partial charge < -0.3 is 16.0 Å². The molecule has 0 aliphatic rings. The average Bonchev–Trinajstić information content (AvgIpc) is 2.38. The molecule has 0 saturated carbocycles. The zero-order valence-corrected chi connectivity index (χ0v) is 12.5. The highest BCUT2D eigenvalue weighted by Gasteiger charge is 2.03. The summed E-state index contributed by atoms with van der Waals surface area (Å²) >= 11 is 0. The molecule has 0 radical (unpaired) electrons. The number of nitrogen functional groups attached to an aromatic ring is 1. The number of nitrogens with zero attached hydrogens (tertiary/aromatic N) is 1. The SMILES string of the molecule is Cl.Cl.Nc1cccc(Nc2ccnc3[nH]c(=O)ccc23)c1. The van der Waals surface area contributed by atoms with Gasteiger partial charge >= 0.3 is 0 Å². The second-order valence-electron chi connectivity index (χ2n) is 4.19. The summed E-state index contributed by atoms with van der Waals surface area (Å²) in [6.45, 7) is 0. The first-order valence-corrected chi connectivity index (χ1v) is 5.83. The summed E-state index contributed by atoms with van der Waals surface area (Å²) in [5.41, 5.74) is 8.58.